The number of hydrogen-bond acceptors (Lipinski definition) is 11. The van der Waals surface area contributed by atoms with E-state index in [0.717, 1.165) is 5.75 Å². The molecule has 0 saturated heterocycles. The average Bonchev–Trinajstić information content (AvgIpc) is 3.17. The van der Waals surface area contributed by atoms with Gasteiger partial charge in [-0.2, -0.15) is 11.8 Å². The molecule has 0 aliphatic rings. The normalized spacial score (nSPS) is 13.1. The van der Waals surface area contributed by atoms with Crippen LogP contribution in [0.5, 0.6) is 0 Å². The summed E-state index contributed by atoms with van der Waals surface area (Å²) >= 11 is 2.94. The summed E-state index contributed by atoms with van der Waals surface area (Å²) < 4.78 is 5.03. The number of oxime groups is 1. The molecule has 1 atom stereocenters. The summed E-state index contributed by atoms with van der Waals surface area (Å²) in [4.78, 5) is 44.5. The van der Waals surface area contributed by atoms with E-state index in [-0.39, 0.29) is 12.6 Å². The molecular weight excluding hydrogens is 418 g/mol. The number of primary amides is 1. The smallest absolute Gasteiger partial charge is 0.331 e. The molecule has 12 heteroatoms. The molecule has 0 saturated carbocycles. The molecule has 1 amide bonds. The van der Waals surface area contributed by atoms with Crippen molar-refractivity contribution in [3.63, 3.8) is 0 Å². The number of hydrogen-bond donors (Lipinski definition) is 2. The first kappa shape index (κ1) is 24.9. The van der Waals surface area contributed by atoms with Crippen molar-refractivity contribution in [1.82, 2.24) is 10.3 Å². The van der Waals surface area contributed by atoms with E-state index in [1.54, 1.807) is 29.8 Å². The van der Waals surface area contributed by atoms with Gasteiger partial charge in [0.05, 0.1) is 12.8 Å². The van der Waals surface area contributed by atoms with Gasteiger partial charge in [-0.1, -0.05) is 5.16 Å². The van der Waals surface area contributed by atoms with Crippen molar-refractivity contribution in [2.24, 2.45) is 10.9 Å². The molecule has 29 heavy (non-hydrogen) atoms. The van der Waals surface area contributed by atoms with Crippen molar-refractivity contribution in [3.05, 3.63) is 11.6 Å². The lowest BCUT2D eigenvalue weighted by Crippen LogP contribution is -2.58. The molecule has 0 spiro atoms. The second-order valence-electron chi connectivity index (χ2n) is 6.07. The zero-order valence-electron chi connectivity index (χ0n) is 16.8. The van der Waals surface area contributed by atoms with Crippen molar-refractivity contribution in [2.75, 3.05) is 42.6 Å². The maximum atomic E-state index is 12.3. The van der Waals surface area contributed by atoms with E-state index in [4.69, 9.17) is 10.5 Å². The average molecular weight is 446 g/mol. The Morgan fingerprint density at radius 1 is 1.41 bits per heavy atom. The number of thioether (sulfide) groups is 1. The van der Waals surface area contributed by atoms with E-state index in [0.29, 0.717) is 30.5 Å². The standard InChI is InChI=1S/C17H27N5O5S2/c1-13(23)26-9-8-22(16-20-7-11-29-16)17(3,15(18)25)12-28-10-6-19-4-5-21-27-14(2)24/h5,7,11,19H,4,6,8-10,12H2,1-3H3,(H2,18,25)/t17-/m0/s1. The van der Waals surface area contributed by atoms with Crippen LogP contribution in [0, 0.1) is 0 Å². The number of anilines is 1. The first-order valence-electron chi connectivity index (χ1n) is 8.85. The number of amides is 1. The second kappa shape index (κ2) is 13.1. The van der Waals surface area contributed by atoms with E-state index in [1.165, 1.54) is 31.4 Å². The first-order chi connectivity index (χ1) is 13.8. The summed E-state index contributed by atoms with van der Waals surface area (Å²) in [5, 5.41) is 9.06. The third-order valence-electron chi connectivity index (χ3n) is 3.69. The van der Waals surface area contributed by atoms with Crippen LogP contribution in [0.4, 0.5) is 5.13 Å². The molecular formula is C17H27N5O5S2. The molecule has 0 aliphatic heterocycles. The lowest BCUT2D eigenvalue weighted by molar-refractivity contribution is -0.141. The van der Waals surface area contributed by atoms with Gasteiger partial charge in [0.2, 0.25) is 5.91 Å². The minimum absolute atomic E-state index is 0.131. The molecule has 1 heterocycles. The van der Waals surface area contributed by atoms with Crippen LogP contribution in [0.3, 0.4) is 0 Å². The molecule has 0 unspecified atom stereocenters. The van der Waals surface area contributed by atoms with Crippen molar-refractivity contribution in [3.8, 4) is 0 Å². The van der Waals surface area contributed by atoms with Gasteiger partial charge in [-0.05, 0) is 6.92 Å². The van der Waals surface area contributed by atoms with Crippen LogP contribution in [0.25, 0.3) is 0 Å². The Morgan fingerprint density at radius 3 is 2.76 bits per heavy atom. The highest BCUT2D eigenvalue weighted by Crippen LogP contribution is 2.29. The molecule has 0 radical (unpaired) electrons. The van der Waals surface area contributed by atoms with Gasteiger partial charge in [0, 0.05) is 50.0 Å². The van der Waals surface area contributed by atoms with Crippen LogP contribution in [0.2, 0.25) is 0 Å². The highest BCUT2D eigenvalue weighted by molar-refractivity contribution is 7.99. The zero-order valence-corrected chi connectivity index (χ0v) is 18.4. The van der Waals surface area contributed by atoms with Crippen LogP contribution in [-0.4, -0.2) is 72.3 Å². The van der Waals surface area contributed by atoms with Crippen molar-refractivity contribution < 1.29 is 24.0 Å². The Kier molecular flexibility index (Phi) is 11.2. The maximum absolute atomic E-state index is 12.3. The summed E-state index contributed by atoms with van der Waals surface area (Å²) in [6.45, 7) is 5.92. The zero-order chi connectivity index (χ0) is 21.7. The molecule has 1 aromatic heterocycles. The van der Waals surface area contributed by atoms with Crippen LogP contribution in [0.1, 0.15) is 20.8 Å². The third kappa shape index (κ3) is 9.24. The van der Waals surface area contributed by atoms with Crippen LogP contribution in [0.15, 0.2) is 16.7 Å². The molecule has 0 aromatic carbocycles. The van der Waals surface area contributed by atoms with E-state index in [1.807, 2.05) is 5.38 Å². The maximum Gasteiger partial charge on any atom is 0.331 e. The summed E-state index contributed by atoms with van der Waals surface area (Å²) in [6.07, 6.45) is 3.10. The predicted molar refractivity (Wildman–Crippen MR) is 114 cm³/mol. The number of nitrogens with two attached hydrogens (primary N) is 1. The van der Waals surface area contributed by atoms with Crippen LogP contribution in [-0.2, 0) is 24.0 Å². The minimum atomic E-state index is -1.00. The van der Waals surface area contributed by atoms with E-state index >= 15 is 0 Å². The number of nitrogens with one attached hydrogen (secondary N) is 1. The van der Waals surface area contributed by atoms with Gasteiger partial charge in [-0.25, -0.2) is 9.78 Å². The highest BCUT2D eigenvalue weighted by Gasteiger charge is 2.39. The SMILES string of the molecule is CC(=O)OCCN(c1nccs1)[C@@](C)(CSCCNCC=NOC(C)=O)C(N)=O. The van der Waals surface area contributed by atoms with E-state index in [9.17, 15) is 14.4 Å². The fourth-order valence-electron chi connectivity index (χ4n) is 2.20. The number of carbonyl (C=O) groups is 3. The van der Waals surface area contributed by atoms with E-state index in [2.05, 4.69) is 20.3 Å². The number of ether oxygens (including phenoxy) is 1. The molecule has 162 valence electrons. The van der Waals surface area contributed by atoms with E-state index < -0.39 is 17.4 Å². The number of esters is 1. The fourth-order valence-corrected chi connectivity index (χ4v) is 4.11. The van der Waals surface area contributed by atoms with Gasteiger partial charge in [0.25, 0.3) is 0 Å². The van der Waals surface area contributed by atoms with Gasteiger partial charge >= 0.3 is 11.9 Å². The lowest BCUT2D eigenvalue weighted by atomic mass is 10.0. The number of aromatic nitrogens is 1. The molecule has 0 bridgehead atoms. The molecule has 1 aromatic rings. The minimum Gasteiger partial charge on any atom is -0.464 e. The number of rotatable bonds is 14. The first-order valence-corrected chi connectivity index (χ1v) is 10.9. The lowest BCUT2D eigenvalue weighted by Gasteiger charge is -2.38. The Balaban J connectivity index is 2.58. The Labute approximate surface area is 178 Å². The van der Waals surface area contributed by atoms with Crippen molar-refractivity contribution >= 4 is 52.3 Å². The van der Waals surface area contributed by atoms with Gasteiger partial charge in [-0.3, -0.25) is 9.59 Å². The highest BCUT2D eigenvalue weighted by atomic mass is 32.2. The van der Waals surface area contributed by atoms with Gasteiger partial charge in [0.1, 0.15) is 12.1 Å². The number of thiazole rings is 1. The Morgan fingerprint density at radius 2 is 2.17 bits per heavy atom. The number of carbonyl (C=O) groups excluding carboxylic acids is 3. The monoisotopic (exact) mass is 445 g/mol. The summed E-state index contributed by atoms with van der Waals surface area (Å²) in [7, 11) is 0. The van der Waals surface area contributed by atoms with Gasteiger partial charge < -0.3 is 25.5 Å². The predicted octanol–water partition coefficient (Wildman–Crippen LogP) is 0.628. The van der Waals surface area contributed by atoms with Crippen molar-refractivity contribution in [2.45, 2.75) is 26.3 Å². The van der Waals surface area contributed by atoms with Crippen LogP contribution < -0.4 is 16.0 Å². The molecule has 1 rings (SSSR count). The summed E-state index contributed by atoms with van der Waals surface area (Å²) in [5.41, 5.74) is 4.73. The van der Waals surface area contributed by atoms with Crippen molar-refractivity contribution in [1.29, 1.82) is 0 Å². The number of nitrogens with zero attached hydrogens (tertiary/aromatic N) is 3. The van der Waals surface area contributed by atoms with Crippen LogP contribution >= 0.6 is 23.1 Å². The quantitative estimate of drug-likeness (QED) is 0.139. The molecule has 0 fully saturated rings. The molecule has 10 nitrogen and oxygen atoms in total. The summed E-state index contributed by atoms with van der Waals surface area (Å²) in [5.74, 6) is -0.182. The molecule has 3 N–H and O–H groups in total. The fraction of sp³-hybridized carbons (Fsp3) is 0.588. The Bertz CT molecular complexity index is 686. The second-order valence-corrected chi connectivity index (χ2v) is 8.05. The van der Waals surface area contributed by atoms with Gasteiger partial charge in [-0.15, -0.1) is 11.3 Å². The van der Waals surface area contributed by atoms with Gasteiger partial charge in [0.15, 0.2) is 5.13 Å². The molecule has 0 aliphatic carbocycles. The third-order valence-corrected chi connectivity index (χ3v) is 5.75. The largest absolute Gasteiger partial charge is 0.464 e. The summed E-state index contributed by atoms with van der Waals surface area (Å²) in [6, 6.07) is 0. The topological polar surface area (TPSA) is 136 Å². The Hall–Kier alpha value is -2.18.